The Kier molecular flexibility index (Phi) is 3.47. The average molecular weight is 314 g/mol. The first kappa shape index (κ1) is 12.8. The topological polar surface area (TPSA) is 52.3 Å². The number of aryl methyl sites for hydroxylation is 1. The number of methoxy groups -OCH3 is 1. The fraction of sp³-hybridized carbons (Fsp3) is 0.167. The highest BCUT2D eigenvalue weighted by molar-refractivity contribution is 9.10. The van der Waals surface area contributed by atoms with E-state index in [-0.39, 0.29) is 16.8 Å². The molecule has 0 aliphatic rings. The van der Waals surface area contributed by atoms with Crippen molar-refractivity contribution in [2.24, 2.45) is 0 Å². The van der Waals surface area contributed by atoms with E-state index < -0.39 is 11.8 Å². The molecule has 4 nitrogen and oxygen atoms in total. The Morgan fingerprint density at radius 2 is 2.22 bits per heavy atom. The SMILES string of the molecule is COC(=O)c1c(-c2ccc(Br)cc2F)noc1C. The van der Waals surface area contributed by atoms with Crippen molar-refractivity contribution in [3.05, 3.63) is 39.8 Å². The fourth-order valence-electron chi connectivity index (χ4n) is 1.58. The summed E-state index contributed by atoms with van der Waals surface area (Å²) in [6.07, 6.45) is 0. The van der Waals surface area contributed by atoms with E-state index in [1.807, 2.05) is 0 Å². The van der Waals surface area contributed by atoms with Gasteiger partial charge in [0, 0.05) is 10.0 Å². The summed E-state index contributed by atoms with van der Waals surface area (Å²) in [5.74, 6) is -0.812. The zero-order valence-corrected chi connectivity index (χ0v) is 11.2. The number of nitrogens with zero attached hydrogens (tertiary/aromatic N) is 1. The number of carbonyl (C=O) groups excluding carboxylic acids is 1. The van der Waals surface area contributed by atoms with Gasteiger partial charge in [0.1, 0.15) is 22.8 Å². The molecule has 0 N–H and O–H groups in total. The van der Waals surface area contributed by atoms with Crippen molar-refractivity contribution in [1.29, 1.82) is 0 Å². The number of hydrogen-bond acceptors (Lipinski definition) is 4. The zero-order chi connectivity index (χ0) is 13.3. The second kappa shape index (κ2) is 4.89. The molecular weight excluding hydrogens is 305 g/mol. The van der Waals surface area contributed by atoms with Gasteiger partial charge in [-0.05, 0) is 25.1 Å². The summed E-state index contributed by atoms with van der Waals surface area (Å²) in [5, 5.41) is 3.71. The molecular formula is C12H9BrFNO3. The number of aromatic nitrogens is 1. The van der Waals surface area contributed by atoms with Crippen LogP contribution >= 0.6 is 15.9 Å². The Morgan fingerprint density at radius 1 is 1.50 bits per heavy atom. The van der Waals surface area contributed by atoms with Crippen molar-refractivity contribution < 1.29 is 18.4 Å². The molecule has 0 unspecified atom stereocenters. The second-order valence-electron chi connectivity index (χ2n) is 3.58. The van der Waals surface area contributed by atoms with Crippen LogP contribution in [0.4, 0.5) is 4.39 Å². The van der Waals surface area contributed by atoms with Crippen molar-refractivity contribution >= 4 is 21.9 Å². The minimum atomic E-state index is -0.605. The van der Waals surface area contributed by atoms with Crippen LogP contribution < -0.4 is 0 Å². The predicted octanol–water partition coefficient (Wildman–Crippen LogP) is 3.34. The van der Waals surface area contributed by atoms with Crippen LogP contribution in [0.5, 0.6) is 0 Å². The van der Waals surface area contributed by atoms with Crippen LogP contribution in [-0.2, 0) is 4.74 Å². The molecule has 0 atom stereocenters. The van der Waals surface area contributed by atoms with Crippen LogP contribution in [0.1, 0.15) is 16.1 Å². The molecule has 0 aliphatic heterocycles. The Labute approximate surface area is 111 Å². The lowest BCUT2D eigenvalue weighted by Gasteiger charge is -2.02. The minimum Gasteiger partial charge on any atom is -0.465 e. The third-order valence-corrected chi connectivity index (χ3v) is 2.93. The maximum absolute atomic E-state index is 13.8. The first-order valence-electron chi connectivity index (χ1n) is 5.04. The predicted molar refractivity (Wildman–Crippen MR) is 65.7 cm³/mol. The smallest absolute Gasteiger partial charge is 0.343 e. The Bertz CT molecular complexity index is 609. The first-order chi connectivity index (χ1) is 8.54. The maximum atomic E-state index is 13.8. The van der Waals surface area contributed by atoms with E-state index in [0.29, 0.717) is 10.2 Å². The standard InChI is InChI=1S/C12H9BrFNO3/c1-6-10(12(16)17-2)11(15-18-6)8-4-3-7(13)5-9(8)14/h3-5H,1-2H3. The number of esters is 1. The lowest BCUT2D eigenvalue weighted by molar-refractivity contribution is 0.0599. The third-order valence-electron chi connectivity index (χ3n) is 2.44. The van der Waals surface area contributed by atoms with Gasteiger partial charge in [0.25, 0.3) is 0 Å². The van der Waals surface area contributed by atoms with Crippen molar-refractivity contribution in [3.8, 4) is 11.3 Å². The second-order valence-corrected chi connectivity index (χ2v) is 4.49. The van der Waals surface area contributed by atoms with Gasteiger partial charge in [-0.2, -0.15) is 0 Å². The van der Waals surface area contributed by atoms with Gasteiger partial charge in [0.05, 0.1) is 7.11 Å². The fourth-order valence-corrected chi connectivity index (χ4v) is 1.91. The van der Waals surface area contributed by atoms with Crippen molar-refractivity contribution in [2.45, 2.75) is 6.92 Å². The lowest BCUT2D eigenvalue weighted by Crippen LogP contribution is -2.04. The number of ether oxygens (including phenoxy) is 1. The molecule has 2 aromatic rings. The molecule has 0 fully saturated rings. The van der Waals surface area contributed by atoms with E-state index in [1.54, 1.807) is 13.0 Å². The molecule has 0 bridgehead atoms. The van der Waals surface area contributed by atoms with E-state index in [4.69, 9.17) is 4.52 Å². The van der Waals surface area contributed by atoms with Crippen molar-refractivity contribution in [2.75, 3.05) is 7.11 Å². The van der Waals surface area contributed by atoms with Crippen LogP contribution in [0.2, 0.25) is 0 Å². The molecule has 1 aromatic heterocycles. The van der Waals surface area contributed by atoms with E-state index in [1.165, 1.54) is 19.2 Å². The molecule has 0 aliphatic carbocycles. The summed E-state index contributed by atoms with van der Waals surface area (Å²) in [7, 11) is 1.25. The number of rotatable bonds is 2. The van der Waals surface area contributed by atoms with Gasteiger partial charge in [-0.25, -0.2) is 9.18 Å². The highest BCUT2D eigenvalue weighted by Gasteiger charge is 2.24. The average Bonchev–Trinajstić information content (AvgIpc) is 2.70. The normalized spacial score (nSPS) is 10.4. The Hall–Kier alpha value is -1.69. The van der Waals surface area contributed by atoms with E-state index in [2.05, 4.69) is 25.8 Å². The molecule has 1 heterocycles. The van der Waals surface area contributed by atoms with Crippen LogP contribution in [0.25, 0.3) is 11.3 Å². The quantitative estimate of drug-likeness (QED) is 0.798. The summed E-state index contributed by atoms with van der Waals surface area (Å²) < 4.78 is 24.0. The summed E-state index contributed by atoms with van der Waals surface area (Å²) in [6, 6.07) is 4.47. The van der Waals surface area contributed by atoms with Gasteiger partial charge in [-0.1, -0.05) is 21.1 Å². The van der Waals surface area contributed by atoms with Gasteiger partial charge < -0.3 is 9.26 Å². The van der Waals surface area contributed by atoms with Gasteiger partial charge in [0.15, 0.2) is 0 Å². The van der Waals surface area contributed by atoms with Gasteiger partial charge >= 0.3 is 5.97 Å². The Balaban J connectivity index is 2.61. The molecule has 1 aromatic carbocycles. The Morgan fingerprint density at radius 3 is 2.83 bits per heavy atom. The molecule has 0 saturated carbocycles. The van der Waals surface area contributed by atoms with E-state index >= 15 is 0 Å². The summed E-state index contributed by atoms with van der Waals surface area (Å²) in [5.41, 5.74) is 0.471. The summed E-state index contributed by atoms with van der Waals surface area (Å²) in [6.45, 7) is 1.57. The van der Waals surface area contributed by atoms with Crippen LogP contribution in [0.3, 0.4) is 0 Å². The summed E-state index contributed by atoms with van der Waals surface area (Å²) in [4.78, 5) is 11.6. The molecule has 0 amide bonds. The lowest BCUT2D eigenvalue weighted by atomic mass is 10.1. The third kappa shape index (κ3) is 2.15. The van der Waals surface area contributed by atoms with E-state index in [0.717, 1.165) is 0 Å². The van der Waals surface area contributed by atoms with Gasteiger partial charge in [-0.15, -0.1) is 0 Å². The molecule has 0 spiro atoms. The molecule has 0 radical (unpaired) electrons. The first-order valence-corrected chi connectivity index (χ1v) is 5.84. The molecule has 0 saturated heterocycles. The highest BCUT2D eigenvalue weighted by Crippen LogP contribution is 2.29. The van der Waals surface area contributed by atoms with Crippen molar-refractivity contribution in [1.82, 2.24) is 5.16 Å². The largest absolute Gasteiger partial charge is 0.465 e. The number of hydrogen-bond donors (Lipinski definition) is 0. The van der Waals surface area contributed by atoms with Crippen molar-refractivity contribution in [3.63, 3.8) is 0 Å². The number of benzene rings is 1. The van der Waals surface area contributed by atoms with Crippen LogP contribution in [0, 0.1) is 12.7 Å². The van der Waals surface area contributed by atoms with E-state index in [9.17, 15) is 9.18 Å². The molecule has 6 heteroatoms. The van der Waals surface area contributed by atoms with Crippen LogP contribution in [0.15, 0.2) is 27.2 Å². The number of carbonyl (C=O) groups is 1. The molecule has 94 valence electrons. The zero-order valence-electron chi connectivity index (χ0n) is 9.66. The number of halogens is 2. The monoisotopic (exact) mass is 313 g/mol. The molecule has 2 rings (SSSR count). The van der Waals surface area contributed by atoms with Gasteiger partial charge in [-0.3, -0.25) is 0 Å². The highest BCUT2D eigenvalue weighted by atomic mass is 79.9. The minimum absolute atomic E-state index is 0.138. The molecule has 18 heavy (non-hydrogen) atoms. The summed E-state index contributed by atoms with van der Waals surface area (Å²) >= 11 is 3.16. The van der Waals surface area contributed by atoms with Gasteiger partial charge in [0.2, 0.25) is 0 Å². The van der Waals surface area contributed by atoms with Crippen LogP contribution in [-0.4, -0.2) is 18.2 Å². The maximum Gasteiger partial charge on any atom is 0.343 e.